The number of aromatic amines is 2. The zero-order valence-electron chi connectivity index (χ0n) is 32.8. The second-order valence-electron chi connectivity index (χ2n) is 14.2. The summed E-state index contributed by atoms with van der Waals surface area (Å²) in [4.78, 5) is 71.5. The number of hydrogen-bond donors (Lipinski definition) is 4. The Hall–Kier alpha value is -7.74. The average Bonchev–Trinajstić information content (AvgIpc) is 4.15. The molecule has 4 atom stereocenters. The van der Waals surface area contributed by atoms with E-state index in [2.05, 4.69) is 30.6 Å². The Bertz CT molecular complexity index is 2360. The van der Waals surface area contributed by atoms with Crippen LogP contribution in [0.1, 0.15) is 46.9 Å². The van der Waals surface area contributed by atoms with Gasteiger partial charge in [-0.2, -0.15) is 0 Å². The van der Waals surface area contributed by atoms with Gasteiger partial charge in [-0.15, -0.1) is 0 Å². The first-order chi connectivity index (χ1) is 29.3. The summed E-state index contributed by atoms with van der Waals surface area (Å²) in [6, 6.07) is 31.7. The van der Waals surface area contributed by atoms with E-state index in [0.29, 0.717) is 35.9 Å². The Labute approximate surface area is 346 Å². The van der Waals surface area contributed by atoms with Crippen LogP contribution in [0.4, 0.5) is 9.59 Å². The van der Waals surface area contributed by atoms with Gasteiger partial charge in [0.25, 0.3) is 11.8 Å². The predicted octanol–water partition coefficient (Wildman–Crippen LogP) is 7.21. The van der Waals surface area contributed by atoms with Crippen LogP contribution in [0.3, 0.4) is 0 Å². The molecule has 4 heterocycles. The molecule has 2 aliphatic rings. The van der Waals surface area contributed by atoms with Crippen molar-refractivity contribution < 1.29 is 28.7 Å². The Kier molecular flexibility index (Phi) is 11.3. The fraction of sp³-hybridized carbons (Fsp3) is 0.174. The van der Waals surface area contributed by atoms with Gasteiger partial charge in [-0.3, -0.25) is 9.59 Å². The van der Waals surface area contributed by atoms with E-state index in [-0.39, 0.29) is 11.8 Å². The number of ether oxygens (including phenoxy) is 2. The number of nitrogens with zero attached hydrogens (tertiary/aromatic N) is 4. The number of rotatable bonds is 11. The van der Waals surface area contributed by atoms with E-state index in [0.717, 1.165) is 33.6 Å². The molecule has 302 valence electrons. The molecule has 0 aliphatic carbocycles. The largest absolute Gasteiger partial charge is 0.453 e. The number of amides is 4. The number of benzene rings is 4. The molecular formula is C46H42N8O6. The quantitative estimate of drug-likeness (QED) is 0.0995. The normalized spacial score (nSPS) is 16.6. The van der Waals surface area contributed by atoms with Crippen molar-refractivity contribution in [3.05, 3.63) is 169 Å². The number of carbonyl (C=O) groups excluding carboxylic acids is 4. The lowest BCUT2D eigenvalue weighted by Gasteiger charge is -2.28. The third kappa shape index (κ3) is 8.16. The van der Waals surface area contributed by atoms with Crippen LogP contribution >= 0.6 is 0 Å². The second-order valence-corrected chi connectivity index (χ2v) is 14.2. The summed E-state index contributed by atoms with van der Waals surface area (Å²) < 4.78 is 9.62. The van der Waals surface area contributed by atoms with Crippen molar-refractivity contribution in [1.29, 1.82) is 0 Å². The molecule has 6 aromatic rings. The lowest BCUT2D eigenvalue weighted by Crippen LogP contribution is -2.43. The zero-order chi connectivity index (χ0) is 41.6. The van der Waals surface area contributed by atoms with Gasteiger partial charge in [0.05, 0.1) is 38.0 Å². The SMILES string of the molecule is COC(=O)N[C@@H](C(=O)N1CC=C[C@H]1c1ncc(-c2ccc(-c3ccc(-c4cnc([C@@H]5C=CCN5C(=O)[C@H](NC(=O)OC)c5ccccc5)[nH]4)cc3)cc2)[nH]1)c1ccccc1. The van der Waals surface area contributed by atoms with Crippen LogP contribution in [0, 0.1) is 0 Å². The molecule has 4 aromatic carbocycles. The Balaban J connectivity index is 0.930. The summed E-state index contributed by atoms with van der Waals surface area (Å²) >= 11 is 0. The number of hydrogen-bond acceptors (Lipinski definition) is 8. The molecule has 0 saturated carbocycles. The van der Waals surface area contributed by atoms with Gasteiger partial charge in [0.1, 0.15) is 35.8 Å². The van der Waals surface area contributed by atoms with Crippen LogP contribution in [0.25, 0.3) is 33.6 Å². The molecule has 0 bridgehead atoms. The monoisotopic (exact) mass is 802 g/mol. The third-order valence-electron chi connectivity index (χ3n) is 10.6. The van der Waals surface area contributed by atoms with E-state index in [1.54, 1.807) is 46.5 Å². The molecule has 8 rings (SSSR count). The number of H-pyrrole nitrogens is 2. The molecule has 0 unspecified atom stereocenters. The third-order valence-corrected chi connectivity index (χ3v) is 10.6. The fourth-order valence-electron chi connectivity index (χ4n) is 7.48. The van der Waals surface area contributed by atoms with Crippen LogP contribution in [0.15, 0.2) is 146 Å². The number of nitrogens with one attached hydrogen (secondary N) is 4. The number of aromatic nitrogens is 4. The molecule has 0 spiro atoms. The zero-order valence-corrected chi connectivity index (χ0v) is 32.8. The maximum Gasteiger partial charge on any atom is 0.407 e. The van der Waals surface area contributed by atoms with Gasteiger partial charge in [-0.05, 0) is 33.4 Å². The highest BCUT2D eigenvalue weighted by molar-refractivity contribution is 5.89. The van der Waals surface area contributed by atoms with Crippen molar-refractivity contribution in [2.45, 2.75) is 24.2 Å². The van der Waals surface area contributed by atoms with Crippen molar-refractivity contribution in [3.63, 3.8) is 0 Å². The standard InChI is InChI=1S/C46H42N8O6/c1-59-45(57)51-39(33-11-5-3-6-12-33)43(55)53-25-9-15-37(53)41-47-27-35(49-41)31-21-17-29(18-22-31)30-19-23-32(24-20-30)36-28-48-42(50-36)38-16-10-26-54(38)44(56)40(52-46(58)60-2)34-13-7-4-8-14-34/h3-24,27-28,37-40H,25-26H2,1-2H3,(H,47,49)(H,48,50)(H,51,57)(H,52,58)/t37-,38-,39+,40+/m0/s1. The summed E-state index contributed by atoms with van der Waals surface area (Å²) in [5, 5.41) is 5.36. The van der Waals surface area contributed by atoms with E-state index >= 15 is 0 Å². The molecular weight excluding hydrogens is 761 g/mol. The minimum atomic E-state index is -0.926. The molecule has 0 radical (unpaired) electrons. The van der Waals surface area contributed by atoms with Crippen LogP contribution in [0.2, 0.25) is 0 Å². The highest BCUT2D eigenvalue weighted by atomic mass is 16.5. The van der Waals surface area contributed by atoms with Crippen LogP contribution in [-0.2, 0) is 19.1 Å². The summed E-state index contributed by atoms with van der Waals surface area (Å²) in [6.45, 7) is 0.733. The van der Waals surface area contributed by atoms with Crippen molar-refractivity contribution in [2.24, 2.45) is 0 Å². The molecule has 0 saturated heterocycles. The molecule has 2 aromatic heterocycles. The van der Waals surface area contributed by atoms with Crippen LogP contribution < -0.4 is 10.6 Å². The minimum Gasteiger partial charge on any atom is -0.453 e. The summed E-state index contributed by atoms with van der Waals surface area (Å²) in [6.07, 6.45) is 9.79. The van der Waals surface area contributed by atoms with E-state index in [1.807, 2.05) is 109 Å². The first kappa shape index (κ1) is 39.1. The van der Waals surface area contributed by atoms with Gasteiger partial charge in [0.2, 0.25) is 0 Å². The van der Waals surface area contributed by atoms with E-state index in [9.17, 15) is 19.2 Å². The first-order valence-corrected chi connectivity index (χ1v) is 19.4. The summed E-state index contributed by atoms with van der Waals surface area (Å²) in [5.74, 6) is 0.648. The first-order valence-electron chi connectivity index (χ1n) is 19.4. The predicted molar refractivity (Wildman–Crippen MR) is 224 cm³/mol. The topological polar surface area (TPSA) is 175 Å². The van der Waals surface area contributed by atoms with Gasteiger partial charge in [0, 0.05) is 13.1 Å². The maximum atomic E-state index is 13.9. The van der Waals surface area contributed by atoms with Gasteiger partial charge in [-0.25, -0.2) is 19.6 Å². The molecule has 4 N–H and O–H groups in total. The highest BCUT2D eigenvalue weighted by Crippen LogP contribution is 2.33. The lowest BCUT2D eigenvalue weighted by molar-refractivity contribution is -0.134. The molecule has 0 fully saturated rings. The minimum absolute atomic E-state index is 0.281. The summed E-state index contributed by atoms with van der Waals surface area (Å²) in [7, 11) is 2.53. The number of methoxy groups -OCH3 is 2. The second kappa shape index (κ2) is 17.4. The fourth-order valence-corrected chi connectivity index (χ4v) is 7.48. The van der Waals surface area contributed by atoms with Crippen molar-refractivity contribution >= 4 is 24.0 Å². The molecule has 14 heteroatoms. The molecule has 4 amide bonds. The van der Waals surface area contributed by atoms with E-state index in [4.69, 9.17) is 9.47 Å². The van der Waals surface area contributed by atoms with Crippen LogP contribution in [-0.4, -0.2) is 81.0 Å². The number of carbonyl (C=O) groups is 4. The van der Waals surface area contributed by atoms with Crippen molar-refractivity contribution in [1.82, 2.24) is 40.4 Å². The van der Waals surface area contributed by atoms with E-state index < -0.39 is 36.4 Å². The average molecular weight is 803 g/mol. The van der Waals surface area contributed by atoms with Gasteiger partial charge >= 0.3 is 12.2 Å². The molecule has 14 nitrogen and oxygen atoms in total. The Morgan fingerprint density at radius 2 is 0.933 bits per heavy atom. The van der Waals surface area contributed by atoms with Crippen LogP contribution in [0.5, 0.6) is 0 Å². The number of alkyl carbamates (subject to hydrolysis) is 2. The smallest absolute Gasteiger partial charge is 0.407 e. The van der Waals surface area contributed by atoms with Gasteiger partial charge in [-0.1, -0.05) is 133 Å². The van der Waals surface area contributed by atoms with Gasteiger partial charge < -0.3 is 39.9 Å². The number of imidazole rings is 2. The highest BCUT2D eigenvalue weighted by Gasteiger charge is 2.36. The van der Waals surface area contributed by atoms with Gasteiger partial charge in [0.15, 0.2) is 0 Å². The van der Waals surface area contributed by atoms with E-state index in [1.165, 1.54) is 14.2 Å². The van der Waals surface area contributed by atoms with Crippen molar-refractivity contribution in [2.75, 3.05) is 27.3 Å². The Morgan fingerprint density at radius 3 is 1.30 bits per heavy atom. The Morgan fingerprint density at radius 1 is 0.567 bits per heavy atom. The summed E-state index contributed by atoms with van der Waals surface area (Å²) in [5.41, 5.74) is 6.80. The lowest BCUT2D eigenvalue weighted by atomic mass is 10.0. The maximum absolute atomic E-state index is 13.9. The van der Waals surface area contributed by atoms with Crippen molar-refractivity contribution in [3.8, 4) is 33.6 Å². The molecule has 60 heavy (non-hydrogen) atoms. The molecule has 2 aliphatic heterocycles.